The van der Waals surface area contributed by atoms with Gasteiger partial charge in [0, 0.05) is 36.9 Å². The van der Waals surface area contributed by atoms with Crippen molar-refractivity contribution >= 4 is 23.2 Å². The van der Waals surface area contributed by atoms with Crippen molar-refractivity contribution in [1.82, 2.24) is 15.3 Å². The lowest BCUT2D eigenvalue weighted by atomic mass is 9.89. The molecule has 1 aliphatic carbocycles. The van der Waals surface area contributed by atoms with Crippen LogP contribution in [0.15, 0.2) is 36.7 Å². The van der Waals surface area contributed by atoms with Gasteiger partial charge in [0.25, 0.3) is 0 Å². The minimum atomic E-state index is -4.30. The molecule has 0 unspecified atom stereocenters. The van der Waals surface area contributed by atoms with E-state index in [9.17, 15) is 13.2 Å². The Bertz CT molecular complexity index is 844. The van der Waals surface area contributed by atoms with Gasteiger partial charge >= 0.3 is 6.18 Å². The van der Waals surface area contributed by atoms with E-state index in [1.54, 1.807) is 24.5 Å². The normalized spacial score (nSPS) is 24.8. The molecular formula is C22H27ClF3N5. The number of aromatic nitrogens is 2. The highest BCUT2D eigenvalue weighted by Crippen LogP contribution is 2.31. The molecule has 9 heteroatoms. The second-order valence-corrected chi connectivity index (χ2v) is 8.80. The Morgan fingerprint density at radius 1 is 0.935 bits per heavy atom. The van der Waals surface area contributed by atoms with Crippen LogP contribution in [0.4, 0.5) is 24.8 Å². The van der Waals surface area contributed by atoms with Gasteiger partial charge in [-0.15, -0.1) is 0 Å². The van der Waals surface area contributed by atoms with Gasteiger partial charge in [0.15, 0.2) is 0 Å². The first-order chi connectivity index (χ1) is 14.9. The molecule has 2 fully saturated rings. The molecule has 2 aromatic rings. The van der Waals surface area contributed by atoms with Crippen LogP contribution in [-0.4, -0.2) is 41.2 Å². The third-order valence-corrected chi connectivity index (χ3v) is 6.33. The Labute approximate surface area is 185 Å². The van der Waals surface area contributed by atoms with Crippen molar-refractivity contribution in [2.24, 2.45) is 0 Å². The first kappa shape index (κ1) is 22.1. The second kappa shape index (κ2) is 9.61. The van der Waals surface area contributed by atoms with Gasteiger partial charge in [-0.1, -0.05) is 24.4 Å². The molecule has 0 radical (unpaired) electrons. The largest absolute Gasteiger partial charge is 0.416 e. The predicted molar refractivity (Wildman–Crippen MR) is 117 cm³/mol. The van der Waals surface area contributed by atoms with Crippen LogP contribution < -0.4 is 15.5 Å². The van der Waals surface area contributed by atoms with Crippen LogP contribution in [0.1, 0.15) is 44.1 Å². The van der Waals surface area contributed by atoms with Gasteiger partial charge in [0.1, 0.15) is 0 Å². The number of hydrogen-bond donors (Lipinski definition) is 2. The van der Waals surface area contributed by atoms with Crippen LogP contribution in [-0.2, 0) is 6.18 Å². The third kappa shape index (κ3) is 5.80. The van der Waals surface area contributed by atoms with Crippen LogP contribution in [0.2, 0.25) is 5.02 Å². The second-order valence-electron chi connectivity index (χ2n) is 8.36. The van der Waals surface area contributed by atoms with E-state index in [0.717, 1.165) is 50.9 Å². The Balaban J connectivity index is 1.37. The maximum Gasteiger partial charge on any atom is 0.416 e. The third-order valence-electron chi connectivity index (χ3n) is 6.13. The van der Waals surface area contributed by atoms with Crippen LogP contribution in [0, 0.1) is 0 Å². The minimum absolute atomic E-state index is 0.233. The van der Waals surface area contributed by atoms with Crippen molar-refractivity contribution in [3.63, 3.8) is 0 Å². The number of rotatable bonds is 5. The number of anilines is 2. The molecule has 4 rings (SSSR count). The van der Waals surface area contributed by atoms with Crippen molar-refractivity contribution in [2.45, 2.75) is 62.8 Å². The van der Waals surface area contributed by atoms with Gasteiger partial charge in [-0.05, 0) is 49.9 Å². The zero-order valence-electron chi connectivity index (χ0n) is 17.2. The first-order valence-electron chi connectivity index (χ1n) is 10.8. The summed E-state index contributed by atoms with van der Waals surface area (Å²) in [6.45, 7) is 1.64. The van der Waals surface area contributed by atoms with Gasteiger partial charge in [0.2, 0.25) is 5.95 Å². The molecule has 2 heterocycles. The molecule has 5 nitrogen and oxygen atoms in total. The fourth-order valence-electron chi connectivity index (χ4n) is 4.57. The molecule has 1 aliphatic heterocycles. The fourth-order valence-corrected chi connectivity index (χ4v) is 4.67. The molecule has 0 spiro atoms. The van der Waals surface area contributed by atoms with E-state index in [2.05, 4.69) is 25.5 Å². The van der Waals surface area contributed by atoms with E-state index < -0.39 is 11.7 Å². The Kier molecular flexibility index (Phi) is 6.86. The van der Waals surface area contributed by atoms with E-state index in [1.807, 2.05) is 0 Å². The lowest BCUT2D eigenvalue weighted by Crippen LogP contribution is -2.55. The quantitative estimate of drug-likeness (QED) is 0.657. The molecule has 2 N–H and O–H groups in total. The summed E-state index contributed by atoms with van der Waals surface area (Å²) in [7, 11) is 0. The highest BCUT2D eigenvalue weighted by atomic mass is 35.5. The summed E-state index contributed by atoms with van der Waals surface area (Å²) in [6.07, 6.45) is 5.37. The Morgan fingerprint density at radius 3 is 2.29 bits per heavy atom. The predicted octanol–water partition coefficient (Wildman–Crippen LogP) is 5.13. The lowest BCUT2D eigenvalue weighted by molar-refractivity contribution is -0.137. The van der Waals surface area contributed by atoms with Crippen molar-refractivity contribution in [3.8, 4) is 0 Å². The lowest BCUT2D eigenvalue weighted by Gasteiger charge is -2.40. The van der Waals surface area contributed by atoms with Gasteiger partial charge in [0.05, 0.1) is 23.0 Å². The Hall–Kier alpha value is -2.06. The van der Waals surface area contributed by atoms with E-state index >= 15 is 0 Å². The molecule has 168 valence electrons. The smallest absolute Gasteiger partial charge is 0.370 e. The van der Waals surface area contributed by atoms with Crippen molar-refractivity contribution in [3.05, 3.63) is 47.2 Å². The summed E-state index contributed by atoms with van der Waals surface area (Å²) >= 11 is 5.88. The number of hydrogen-bond acceptors (Lipinski definition) is 5. The number of piperidine rings is 1. The number of halogens is 4. The van der Waals surface area contributed by atoms with Crippen LogP contribution in [0.5, 0.6) is 0 Å². The molecule has 1 saturated heterocycles. The molecule has 1 aromatic heterocycles. The van der Waals surface area contributed by atoms with E-state index in [4.69, 9.17) is 11.6 Å². The fraction of sp³-hybridized carbons (Fsp3) is 0.545. The highest BCUT2D eigenvalue weighted by Gasteiger charge is 2.31. The van der Waals surface area contributed by atoms with Crippen molar-refractivity contribution in [2.75, 3.05) is 23.3 Å². The van der Waals surface area contributed by atoms with Crippen molar-refractivity contribution in [1.29, 1.82) is 0 Å². The van der Waals surface area contributed by atoms with E-state index in [-0.39, 0.29) is 12.1 Å². The molecule has 0 amide bonds. The summed E-state index contributed by atoms with van der Waals surface area (Å²) in [4.78, 5) is 10.7. The maximum atomic E-state index is 12.9. The minimum Gasteiger partial charge on any atom is -0.370 e. The van der Waals surface area contributed by atoms with Gasteiger partial charge < -0.3 is 15.5 Å². The summed E-state index contributed by atoms with van der Waals surface area (Å²) in [6, 6.07) is 6.30. The summed E-state index contributed by atoms with van der Waals surface area (Å²) in [5.74, 6) is 0.582. The Morgan fingerprint density at radius 2 is 1.61 bits per heavy atom. The number of benzene rings is 1. The zero-order chi connectivity index (χ0) is 21.8. The van der Waals surface area contributed by atoms with Gasteiger partial charge in [-0.3, -0.25) is 0 Å². The average Bonchev–Trinajstić information content (AvgIpc) is 2.76. The molecule has 31 heavy (non-hydrogen) atoms. The van der Waals surface area contributed by atoms with Crippen LogP contribution in [0.3, 0.4) is 0 Å². The van der Waals surface area contributed by atoms with Crippen LogP contribution >= 0.6 is 11.6 Å². The molecular weight excluding hydrogens is 427 g/mol. The molecule has 0 bridgehead atoms. The van der Waals surface area contributed by atoms with Gasteiger partial charge in [-0.2, -0.15) is 13.2 Å². The molecule has 2 aliphatic rings. The monoisotopic (exact) mass is 453 g/mol. The van der Waals surface area contributed by atoms with Crippen molar-refractivity contribution < 1.29 is 13.2 Å². The highest BCUT2D eigenvalue weighted by molar-refractivity contribution is 6.30. The average molecular weight is 454 g/mol. The number of alkyl halides is 3. The van der Waals surface area contributed by atoms with Crippen LogP contribution in [0.25, 0.3) is 0 Å². The maximum absolute atomic E-state index is 12.9. The molecule has 1 aromatic carbocycles. The van der Waals surface area contributed by atoms with E-state index in [1.165, 1.54) is 18.6 Å². The van der Waals surface area contributed by atoms with Gasteiger partial charge in [-0.25, -0.2) is 9.97 Å². The SMILES string of the molecule is FC(F)(F)c1ccc(N2CCC[C@H](N[C@@H]3CCCC[C@H]3Nc3ncc(Cl)cn3)C2)cc1. The number of nitrogens with one attached hydrogen (secondary N) is 2. The molecule has 3 atom stereocenters. The topological polar surface area (TPSA) is 53.1 Å². The van der Waals surface area contributed by atoms with E-state index in [0.29, 0.717) is 17.0 Å². The number of nitrogens with zero attached hydrogens (tertiary/aromatic N) is 3. The summed E-state index contributed by atoms with van der Waals surface area (Å²) in [5, 5.41) is 7.77. The first-order valence-corrected chi connectivity index (χ1v) is 11.2. The summed E-state index contributed by atoms with van der Waals surface area (Å²) < 4.78 is 38.6. The molecule has 1 saturated carbocycles. The summed E-state index contributed by atoms with van der Waals surface area (Å²) in [5.41, 5.74) is 0.232. The zero-order valence-corrected chi connectivity index (χ0v) is 18.0. The standard InChI is InChI=1S/C22H27ClF3N5/c23-16-12-27-21(28-13-16)30-20-6-2-1-5-19(20)29-17-4-3-11-31(14-17)18-9-7-15(8-10-18)22(24,25)26/h7-10,12-13,17,19-20,29H,1-6,11,14H2,(H,27,28,30)/t17-,19+,20+/m0/s1.